The molecule has 0 aliphatic carbocycles. The van der Waals surface area contributed by atoms with E-state index in [0.29, 0.717) is 6.61 Å². The highest BCUT2D eigenvalue weighted by atomic mass is 16.5. The Labute approximate surface area is 77.5 Å². The first-order chi connectivity index (χ1) is 6.24. The Hall–Kier alpha value is -1.22. The molecule has 2 rings (SSSR count). The van der Waals surface area contributed by atoms with Crippen molar-refractivity contribution in [2.24, 2.45) is 5.73 Å². The zero-order chi connectivity index (χ0) is 9.42. The molecule has 0 saturated carbocycles. The Morgan fingerprint density at radius 2 is 2.31 bits per heavy atom. The maximum atomic E-state index is 5.84. The van der Waals surface area contributed by atoms with Crippen LogP contribution in [0.25, 0.3) is 0 Å². The molecular formula is C10H13NO2. The van der Waals surface area contributed by atoms with Crippen LogP contribution in [0, 0.1) is 6.92 Å². The van der Waals surface area contributed by atoms with Crippen LogP contribution < -0.4 is 15.2 Å². The van der Waals surface area contributed by atoms with Crippen molar-refractivity contribution < 1.29 is 9.47 Å². The molecule has 0 saturated heterocycles. The van der Waals surface area contributed by atoms with Crippen LogP contribution in [0.2, 0.25) is 0 Å². The van der Waals surface area contributed by atoms with Crippen molar-refractivity contribution in [3.8, 4) is 11.5 Å². The van der Waals surface area contributed by atoms with Gasteiger partial charge in [0, 0.05) is 5.56 Å². The molecule has 1 heterocycles. The molecule has 0 fully saturated rings. The maximum absolute atomic E-state index is 5.84. The van der Waals surface area contributed by atoms with Gasteiger partial charge in [-0.1, -0.05) is 12.1 Å². The fourth-order valence-corrected chi connectivity index (χ4v) is 1.63. The number of nitrogens with two attached hydrogens (primary N) is 1. The number of aryl methyl sites for hydroxylation is 1. The van der Waals surface area contributed by atoms with Gasteiger partial charge in [-0.15, -0.1) is 0 Å². The Morgan fingerprint density at radius 1 is 1.54 bits per heavy atom. The molecule has 0 aromatic heterocycles. The molecule has 0 bridgehead atoms. The van der Waals surface area contributed by atoms with Gasteiger partial charge in [-0.3, -0.25) is 0 Å². The van der Waals surface area contributed by atoms with Crippen LogP contribution in [0.4, 0.5) is 0 Å². The van der Waals surface area contributed by atoms with Crippen LogP contribution in [-0.2, 0) is 0 Å². The minimum absolute atomic E-state index is 0.00972. The summed E-state index contributed by atoms with van der Waals surface area (Å²) in [7, 11) is 1.65. The Morgan fingerprint density at radius 3 is 3.00 bits per heavy atom. The highest BCUT2D eigenvalue weighted by molar-refractivity contribution is 5.54. The average Bonchev–Trinajstić information content (AvgIpc) is 2.48. The molecular weight excluding hydrogens is 166 g/mol. The molecule has 0 spiro atoms. The fourth-order valence-electron chi connectivity index (χ4n) is 1.63. The van der Waals surface area contributed by atoms with E-state index in [9.17, 15) is 0 Å². The number of fused-ring (bicyclic) bond motifs is 1. The first kappa shape index (κ1) is 8.38. The third kappa shape index (κ3) is 1.16. The second-order valence-electron chi connectivity index (χ2n) is 3.25. The largest absolute Gasteiger partial charge is 0.493 e. The third-order valence-corrected chi connectivity index (χ3v) is 2.35. The zero-order valence-electron chi connectivity index (χ0n) is 7.83. The molecule has 13 heavy (non-hydrogen) atoms. The third-order valence-electron chi connectivity index (χ3n) is 2.35. The van der Waals surface area contributed by atoms with Crippen LogP contribution in [0.15, 0.2) is 12.1 Å². The Balaban J connectivity index is 2.57. The molecule has 1 aliphatic heterocycles. The van der Waals surface area contributed by atoms with Gasteiger partial charge < -0.3 is 15.2 Å². The van der Waals surface area contributed by atoms with Gasteiger partial charge in [0.15, 0.2) is 11.5 Å². The molecule has 1 atom stereocenters. The van der Waals surface area contributed by atoms with E-state index in [0.717, 1.165) is 22.6 Å². The van der Waals surface area contributed by atoms with E-state index in [1.807, 2.05) is 19.1 Å². The van der Waals surface area contributed by atoms with Gasteiger partial charge in [-0.05, 0) is 12.5 Å². The van der Waals surface area contributed by atoms with Gasteiger partial charge >= 0.3 is 0 Å². The molecule has 1 aromatic carbocycles. The fraction of sp³-hybridized carbons (Fsp3) is 0.400. The van der Waals surface area contributed by atoms with Crippen molar-refractivity contribution in [2.45, 2.75) is 13.0 Å². The standard InChI is InChI=1S/C10H13NO2/c1-6-3-4-7-8(11)5-13-10(7)9(6)12-2/h3-4,8H,5,11H2,1-2H3/t8-/m1/s1. The quantitative estimate of drug-likeness (QED) is 0.708. The van der Waals surface area contributed by atoms with E-state index in [1.54, 1.807) is 7.11 Å². The normalized spacial score (nSPS) is 19.5. The number of ether oxygens (including phenoxy) is 2. The highest BCUT2D eigenvalue weighted by Crippen LogP contribution is 2.41. The summed E-state index contributed by atoms with van der Waals surface area (Å²) in [5.74, 6) is 1.63. The SMILES string of the molecule is COc1c(C)ccc2c1OC[C@H]2N. The number of benzene rings is 1. The van der Waals surface area contributed by atoms with Crippen molar-refractivity contribution in [1.29, 1.82) is 0 Å². The summed E-state index contributed by atoms with van der Waals surface area (Å²) in [5, 5.41) is 0. The van der Waals surface area contributed by atoms with E-state index in [-0.39, 0.29) is 6.04 Å². The second-order valence-corrected chi connectivity index (χ2v) is 3.25. The van der Waals surface area contributed by atoms with E-state index >= 15 is 0 Å². The first-order valence-corrected chi connectivity index (χ1v) is 4.30. The second kappa shape index (κ2) is 2.92. The topological polar surface area (TPSA) is 44.5 Å². The summed E-state index contributed by atoms with van der Waals surface area (Å²) in [6.45, 7) is 2.54. The average molecular weight is 179 g/mol. The number of hydrogen-bond acceptors (Lipinski definition) is 3. The van der Waals surface area contributed by atoms with Crippen LogP contribution in [0.1, 0.15) is 17.2 Å². The van der Waals surface area contributed by atoms with Crippen molar-refractivity contribution in [3.05, 3.63) is 23.3 Å². The van der Waals surface area contributed by atoms with Crippen molar-refractivity contribution in [2.75, 3.05) is 13.7 Å². The summed E-state index contributed by atoms with van der Waals surface area (Å²) in [5.41, 5.74) is 7.96. The molecule has 2 N–H and O–H groups in total. The van der Waals surface area contributed by atoms with E-state index < -0.39 is 0 Å². The summed E-state index contributed by atoms with van der Waals surface area (Å²) >= 11 is 0. The van der Waals surface area contributed by atoms with E-state index in [1.165, 1.54) is 0 Å². The lowest BCUT2D eigenvalue weighted by Crippen LogP contribution is -2.10. The monoisotopic (exact) mass is 179 g/mol. The Kier molecular flexibility index (Phi) is 1.88. The smallest absolute Gasteiger partial charge is 0.166 e. The molecule has 0 unspecified atom stereocenters. The van der Waals surface area contributed by atoms with Crippen LogP contribution in [0.5, 0.6) is 11.5 Å². The molecule has 1 aromatic rings. The zero-order valence-corrected chi connectivity index (χ0v) is 7.83. The van der Waals surface area contributed by atoms with Gasteiger partial charge in [-0.2, -0.15) is 0 Å². The van der Waals surface area contributed by atoms with Gasteiger partial charge in [0.1, 0.15) is 6.61 Å². The van der Waals surface area contributed by atoms with Crippen molar-refractivity contribution >= 4 is 0 Å². The predicted octanol–water partition coefficient (Wildman–Crippen LogP) is 1.40. The van der Waals surface area contributed by atoms with Gasteiger partial charge in [-0.25, -0.2) is 0 Å². The summed E-state index contributed by atoms with van der Waals surface area (Å²) in [4.78, 5) is 0. The number of rotatable bonds is 1. The first-order valence-electron chi connectivity index (χ1n) is 4.30. The van der Waals surface area contributed by atoms with E-state index in [4.69, 9.17) is 15.2 Å². The van der Waals surface area contributed by atoms with E-state index in [2.05, 4.69) is 0 Å². The minimum atomic E-state index is -0.00972. The minimum Gasteiger partial charge on any atom is -0.493 e. The van der Waals surface area contributed by atoms with Crippen LogP contribution in [0.3, 0.4) is 0 Å². The summed E-state index contributed by atoms with van der Waals surface area (Å²) in [6, 6.07) is 4.00. The Bertz CT molecular complexity index is 336. The van der Waals surface area contributed by atoms with Gasteiger partial charge in [0.05, 0.1) is 13.2 Å². The van der Waals surface area contributed by atoms with Gasteiger partial charge in [0.2, 0.25) is 0 Å². The van der Waals surface area contributed by atoms with Gasteiger partial charge in [0.25, 0.3) is 0 Å². The predicted molar refractivity (Wildman–Crippen MR) is 50.2 cm³/mol. The highest BCUT2D eigenvalue weighted by Gasteiger charge is 2.24. The van der Waals surface area contributed by atoms with Crippen LogP contribution >= 0.6 is 0 Å². The lowest BCUT2D eigenvalue weighted by molar-refractivity contribution is 0.310. The molecule has 3 nitrogen and oxygen atoms in total. The molecule has 70 valence electrons. The molecule has 1 aliphatic rings. The molecule has 0 amide bonds. The lowest BCUT2D eigenvalue weighted by atomic mass is 10.1. The van der Waals surface area contributed by atoms with Crippen molar-refractivity contribution in [3.63, 3.8) is 0 Å². The maximum Gasteiger partial charge on any atom is 0.166 e. The number of hydrogen-bond donors (Lipinski definition) is 1. The molecule has 0 radical (unpaired) electrons. The van der Waals surface area contributed by atoms with Crippen LogP contribution in [-0.4, -0.2) is 13.7 Å². The summed E-state index contributed by atoms with van der Waals surface area (Å²) in [6.07, 6.45) is 0. The molecule has 3 heteroatoms. The number of methoxy groups -OCH3 is 1. The lowest BCUT2D eigenvalue weighted by Gasteiger charge is -2.09. The van der Waals surface area contributed by atoms with Crippen molar-refractivity contribution in [1.82, 2.24) is 0 Å². The summed E-state index contributed by atoms with van der Waals surface area (Å²) < 4.78 is 10.7.